The number of nitrogens with zero attached hydrogens (tertiary/aromatic N) is 3. The molecule has 0 saturated carbocycles. The molecule has 3 heterocycles. The molecule has 2 aromatic heterocycles. The number of primary amides is 1. The normalized spacial score (nSPS) is 13.3. The van der Waals surface area contributed by atoms with Crippen molar-refractivity contribution in [3.63, 3.8) is 0 Å². The number of Topliss-reactive ketones (excluding diaryl/α,β-unsaturated/α-hetero) is 1. The molecule has 0 radical (unpaired) electrons. The van der Waals surface area contributed by atoms with E-state index in [1.807, 2.05) is 37.3 Å². The number of benzene rings is 2. The van der Waals surface area contributed by atoms with E-state index in [0.717, 1.165) is 22.3 Å². The molecule has 188 valence electrons. The monoisotopic (exact) mass is 503 g/mol. The highest BCUT2D eigenvalue weighted by Crippen LogP contribution is 2.32. The maximum absolute atomic E-state index is 13.4. The van der Waals surface area contributed by atoms with Gasteiger partial charge in [-0.3, -0.25) is 19.4 Å². The number of likely N-dealkylation sites (tertiary alicyclic amines) is 1. The van der Waals surface area contributed by atoms with E-state index in [0.29, 0.717) is 59.4 Å². The number of ketones is 1. The molecule has 1 aliphatic rings. The highest BCUT2D eigenvalue weighted by molar-refractivity contribution is 6.45. The number of piperidine rings is 1. The summed E-state index contributed by atoms with van der Waals surface area (Å²) in [7, 11) is 0. The van der Waals surface area contributed by atoms with Gasteiger partial charge in [0.15, 0.2) is 5.70 Å². The number of aryl methyl sites for hydroxylation is 1. The standard InChI is InChI=1S/C30H25N5O3/c1-18-16-33-26(20-8-10-22(11-9-20)29(31)37)27-24(18)23(17-34-27)28(36)30(38)35-14-12-21(13-15-35)25(32-2)19-6-4-3-5-7-19/h3-11,16-17,34H,12-15H2,1H3,(H2,31,37). The molecule has 0 unspecified atom stereocenters. The van der Waals surface area contributed by atoms with Gasteiger partial charge in [0.25, 0.3) is 11.7 Å². The van der Waals surface area contributed by atoms with Gasteiger partial charge >= 0.3 is 0 Å². The van der Waals surface area contributed by atoms with Crippen LogP contribution in [0.15, 0.2) is 72.6 Å². The van der Waals surface area contributed by atoms with E-state index in [4.69, 9.17) is 12.3 Å². The van der Waals surface area contributed by atoms with Gasteiger partial charge in [-0.25, -0.2) is 4.85 Å². The van der Waals surface area contributed by atoms with E-state index in [9.17, 15) is 14.4 Å². The van der Waals surface area contributed by atoms with Crippen LogP contribution in [0.4, 0.5) is 0 Å². The molecular weight excluding hydrogens is 478 g/mol. The van der Waals surface area contributed by atoms with Crippen molar-refractivity contribution in [1.29, 1.82) is 0 Å². The Morgan fingerprint density at radius 1 is 1.00 bits per heavy atom. The number of aromatic nitrogens is 2. The zero-order valence-electron chi connectivity index (χ0n) is 20.8. The van der Waals surface area contributed by atoms with Crippen molar-refractivity contribution in [3.05, 3.63) is 106 Å². The molecule has 8 heteroatoms. The van der Waals surface area contributed by atoms with Gasteiger partial charge in [0.1, 0.15) is 0 Å². The third-order valence-electron chi connectivity index (χ3n) is 6.93. The molecule has 38 heavy (non-hydrogen) atoms. The number of aromatic amines is 1. The van der Waals surface area contributed by atoms with Crippen molar-refractivity contribution in [3.8, 4) is 11.3 Å². The summed E-state index contributed by atoms with van der Waals surface area (Å²) in [6, 6.07) is 16.3. The second-order valence-corrected chi connectivity index (χ2v) is 9.24. The van der Waals surface area contributed by atoms with Gasteiger partial charge in [-0.05, 0) is 43.0 Å². The lowest BCUT2D eigenvalue weighted by atomic mass is 9.97. The molecule has 3 N–H and O–H groups in total. The molecule has 0 spiro atoms. The number of hydrogen-bond acceptors (Lipinski definition) is 4. The van der Waals surface area contributed by atoms with Crippen LogP contribution in [0.5, 0.6) is 0 Å². The van der Waals surface area contributed by atoms with E-state index in [1.54, 1.807) is 41.6 Å². The molecule has 0 aliphatic carbocycles. The molecule has 5 rings (SSSR count). The molecule has 0 bridgehead atoms. The highest BCUT2D eigenvalue weighted by Gasteiger charge is 2.29. The summed E-state index contributed by atoms with van der Waals surface area (Å²) < 4.78 is 0. The van der Waals surface area contributed by atoms with Gasteiger partial charge in [-0.2, -0.15) is 0 Å². The van der Waals surface area contributed by atoms with Crippen LogP contribution in [0.3, 0.4) is 0 Å². The number of carbonyl (C=O) groups excluding carboxylic acids is 3. The largest absolute Gasteiger partial charge is 0.366 e. The van der Waals surface area contributed by atoms with Crippen LogP contribution in [0.1, 0.15) is 44.7 Å². The van der Waals surface area contributed by atoms with Gasteiger partial charge in [0.2, 0.25) is 5.91 Å². The number of amides is 2. The van der Waals surface area contributed by atoms with Gasteiger partial charge in [-0.1, -0.05) is 48.0 Å². The van der Waals surface area contributed by atoms with Crippen molar-refractivity contribution in [2.75, 3.05) is 13.1 Å². The smallest absolute Gasteiger partial charge is 0.295 e. The fourth-order valence-electron chi connectivity index (χ4n) is 4.92. The summed E-state index contributed by atoms with van der Waals surface area (Å²) in [5.41, 5.74) is 11.3. The van der Waals surface area contributed by atoms with Crippen LogP contribution in [0, 0.1) is 13.5 Å². The lowest BCUT2D eigenvalue weighted by molar-refractivity contribution is -0.126. The Labute approximate surface area is 219 Å². The number of H-pyrrole nitrogens is 1. The minimum atomic E-state index is -0.582. The number of hydrogen-bond donors (Lipinski definition) is 2. The van der Waals surface area contributed by atoms with E-state index in [-0.39, 0.29) is 0 Å². The van der Waals surface area contributed by atoms with Crippen molar-refractivity contribution in [1.82, 2.24) is 14.9 Å². The maximum atomic E-state index is 13.4. The van der Waals surface area contributed by atoms with Crippen LogP contribution in [0.2, 0.25) is 0 Å². The molecule has 2 amide bonds. The first-order valence-corrected chi connectivity index (χ1v) is 12.2. The fraction of sp³-hybridized carbons (Fsp3) is 0.167. The average molecular weight is 504 g/mol. The first kappa shape index (κ1) is 24.7. The first-order chi connectivity index (χ1) is 18.4. The summed E-state index contributed by atoms with van der Waals surface area (Å²) in [6.07, 6.45) is 4.33. The van der Waals surface area contributed by atoms with Crippen LogP contribution < -0.4 is 5.73 Å². The number of fused-ring (bicyclic) bond motifs is 1. The molecule has 2 aromatic carbocycles. The van der Waals surface area contributed by atoms with Crippen LogP contribution in [0.25, 0.3) is 32.7 Å². The van der Waals surface area contributed by atoms with E-state index in [1.165, 1.54) is 0 Å². The highest BCUT2D eigenvalue weighted by atomic mass is 16.2. The van der Waals surface area contributed by atoms with E-state index in [2.05, 4.69) is 14.8 Å². The quantitative estimate of drug-likeness (QED) is 0.232. The number of rotatable bonds is 5. The van der Waals surface area contributed by atoms with Crippen molar-refractivity contribution >= 4 is 34.2 Å². The Morgan fingerprint density at radius 2 is 1.68 bits per heavy atom. The maximum Gasteiger partial charge on any atom is 0.295 e. The van der Waals surface area contributed by atoms with E-state index < -0.39 is 17.6 Å². The Bertz CT molecular complexity index is 1630. The number of nitrogens with one attached hydrogen (secondary N) is 1. The predicted molar refractivity (Wildman–Crippen MR) is 145 cm³/mol. The van der Waals surface area contributed by atoms with E-state index >= 15 is 0 Å². The lowest BCUT2D eigenvalue weighted by Crippen LogP contribution is -2.40. The van der Waals surface area contributed by atoms with Crippen LogP contribution in [-0.4, -0.2) is 45.6 Å². The summed E-state index contributed by atoms with van der Waals surface area (Å²) in [6.45, 7) is 10.2. The molecule has 1 fully saturated rings. The summed E-state index contributed by atoms with van der Waals surface area (Å²) in [4.78, 5) is 51.0. The van der Waals surface area contributed by atoms with Gasteiger partial charge in [0, 0.05) is 42.0 Å². The minimum absolute atomic E-state index is 0.298. The predicted octanol–water partition coefficient (Wildman–Crippen LogP) is 4.77. The van der Waals surface area contributed by atoms with Crippen molar-refractivity contribution < 1.29 is 14.4 Å². The van der Waals surface area contributed by atoms with Gasteiger partial charge in [-0.15, -0.1) is 0 Å². The third-order valence-corrected chi connectivity index (χ3v) is 6.93. The third kappa shape index (κ3) is 4.46. The zero-order chi connectivity index (χ0) is 26.8. The molecule has 4 aromatic rings. The second kappa shape index (κ2) is 10.1. The molecule has 0 atom stereocenters. The second-order valence-electron chi connectivity index (χ2n) is 9.24. The Morgan fingerprint density at radius 3 is 2.32 bits per heavy atom. The molecule has 8 nitrogen and oxygen atoms in total. The first-order valence-electron chi connectivity index (χ1n) is 12.2. The Balaban J connectivity index is 1.39. The molecule has 1 aliphatic heterocycles. The lowest BCUT2D eigenvalue weighted by Gasteiger charge is -2.28. The Kier molecular flexibility index (Phi) is 6.58. The number of carbonyl (C=O) groups is 3. The topological polar surface area (TPSA) is 114 Å². The summed E-state index contributed by atoms with van der Waals surface area (Å²) in [5, 5.41) is 0.643. The molecular formula is C30H25N5O3. The average Bonchev–Trinajstić information content (AvgIpc) is 3.40. The van der Waals surface area contributed by atoms with Gasteiger partial charge < -0.3 is 15.6 Å². The summed E-state index contributed by atoms with van der Waals surface area (Å²) in [5.74, 6) is -1.66. The number of pyridine rings is 1. The van der Waals surface area contributed by atoms with Gasteiger partial charge in [0.05, 0.1) is 23.3 Å². The van der Waals surface area contributed by atoms with Crippen molar-refractivity contribution in [2.45, 2.75) is 19.8 Å². The van der Waals surface area contributed by atoms with Crippen LogP contribution in [-0.2, 0) is 4.79 Å². The molecule has 1 saturated heterocycles. The minimum Gasteiger partial charge on any atom is -0.366 e. The number of nitrogens with two attached hydrogens (primary N) is 1. The zero-order valence-corrected chi connectivity index (χ0v) is 20.8. The van der Waals surface area contributed by atoms with Crippen LogP contribution >= 0.6 is 0 Å². The Hall–Kier alpha value is -5.03. The van der Waals surface area contributed by atoms with Crippen molar-refractivity contribution in [2.24, 2.45) is 5.73 Å². The SMILES string of the molecule is [C-]#[N+]C(=C1CCN(C(=O)C(=O)c2c[nH]c3c(-c4ccc(C(N)=O)cc4)ncc(C)c23)CC1)c1ccccc1. The summed E-state index contributed by atoms with van der Waals surface area (Å²) >= 11 is 0. The fourth-order valence-corrected chi connectivity index (χ4v) is 4.92.